The lowest BCUT2D eigenvalue weighted by atomic mass is 9.92. The Morgan fingerprint density at radius 3 is 1.28 bits per heavy atom. The van der Waals surface area contributed by atoms with E-state index in [4.69, 9.17) is 21.3 Å². The van der Waals surface area contributed by atoms with Crippen LogP contribution in [0, 0.1) is 0 Å². The van der Waals surface area contributed by atoms with Crippen LogP contribution in [0.25, 0.3) is 92.7 Å². The first-order valence-corrected chi connectivity index (χ1v) is 20.8. The van der Waals surface area contributed by atoms with Crippen molar-refractivity contribution in [2.45, 2.75) is 0 Å². The fraction of sp³-hybridized carbons (Fsp3) is 0.0189. The minimum atomic E-state index is 0.801. The molecule has 0 saturated carbocycles. The van der Waals surface area contributed by atoms with E-state index in [1.807, 2.05) is 12.1 Å². The third-order valence-corrected chi connectivity index (χ3v) is 12.9. The van der Waals surface area contributed by atoms with Crippen molar-refractivity contribution in [3.05, 3.63) is 205 Å². The van der Waals surface area contributed by atoms with E-state index in [1.165, 1.54) is 0 Å². The average molecular weight is 781 g/mol. The lowest BCUT2D eigenvalue weighted by Crippen LogP contribution is -1.92. The highest BCUT2D eigenvalue weighted by atomic mass is 32.1. The maximum atomic E-state index is 5.70. The summed E-state index contributed by atoms with van der Waals surface area (Å²) in [6.45, 7) is 4.75. The van der Waals surface area contributed by atoms with Gasteiger partial charge in [0.25, 0.3) is 0 Å². The number of hydrogen-bond acceptors (Lipinski definition) is 5. The summed E-state index contributed by atoms with van der Waals surface area (Å²) in [6.07, 6.45) is 6.60. The van der Waals surface area contributed by atoms with E-state index in [9.17, 15) is 0 Å². The van der Waals surface area contributed by atoms with Crippen LogP contribution in [0.1, 0.15) is 28.3 Å². The van der Waals surface area contributed by atoms with Crippen molar-refractivity contribution in [3.8, 4) is 50.3 Å². The van der Waals surface area contributed by atoms with Crippen LogP contribution >= 0.6 is 22.7 Å². The molecule has 58 heavy (non-hydrogen) atoms. The number of hydrogen-bond donors (Lipinski definition) is 0. The molecular formula is C53H36N2OS2. The normalized spacial score (nSPS) is 12.0. The van der Waals surface area contributed by atoms with E-state index in [0.29, 0.717) is 0 Å². The Morgan fingerprint density at radius 2 is 0.845 bits per heavy atom. The van der Waals surface area contributed by atoms with Gasteiger partial charge in [-0.2, -0.15) is 0 Å². The maximum absolute atomic E-state index is 5.70. The number of nitrogens with zero attached hydrogens (tertiary/aromatic N) is 2. The van der Waals surface area contributed by atoms with Crippen LogP contribution in [0.3, 0.4) is 0 Å². The molecule has 0 radical (unpaired) electrons. The molecule has 5 heteroatoms. The molecule has 0 N–H and O–H groups in total. The average Bonchev–Trinajstić information content (AvgIpc) is 4.13. The van der Waals surface area contributed by atoms with Gasteiger partial charge in [0.15, 0.2) is 0 Å². The van der Waals surface area contributed by atoms with Gasteiger partial charge in [-0.25, -0.2) is 9.97 Å². The van der Waals surface area contributed by atoms with Crippen molar-refractivity contribution >= 4 is 70.8 Å². The molecule has 0 atom stereocenters. The van der Waals surface area contributed by atoms with E-state index >= 15 is 0 Å². The van der Waals surface area contributed by atoms with Crippen LogP contribution in [-0.4, -0.2) is 17.1 Å². The predicted molar refractivity (Wildman–Crippen MR) is 249 cm³/mol. The van der Waals surface area contributed by atoms with Crippen molar-refractivity contribution in [1.82, 2.24) is 9.97 Å². The van der Waals surface area contributed by atoms with Crippen LogP contribution in [0.2, 0.25) is 0 Å². The number of rotatable bonds is 7. The fourth-order valence-electron chi connectivity index (χ4n) is 7.83. The van der Waals surface area contributed by atoms with Gasteiger partial charge in [0.1, 0.15) is 5.75 Å². The molecule has 5 aromatic carbocycles. The largest absolute Gasteiger partial charge is 0.497 e. The topological polar surface area (TPSA) is 35.0 Å². The molecule has 2 aliphatic rings. The van der Waals surface area contributed by atoms with Gasteiger partial charge in [-0.05, 0) is 88.0 Å². The molecule has 0 saturated heterocycles. The number of benzene rings is 5. The Hall–Kier alpha value is -6.92. The molecule has 10 rings (SSSR count). The van der Waals surface area contributed by atoms with Crippen LogP contribution in [0.4, 0.5) is 0 Å². The summed E-state index contributed by atoms with van der Waals surface area (Å²) in [5, 5.41) is 0. The Balaban J connectivity index is 1.40. The zero-order valence-corrected chi connectivity index (χ0v) is 33.4. The van der Waals surface area contributed by atoms with Gasteiger partial charge in [0.05, 0.1) is 29.9 Å². The highest BCUT2D eigenvalue weighted by Gasteiger charge is 2.24. The highest BCUT2D eigenvalue weighted by molar-refractivity contribution is 7.24. The van der Waals surface area contributed by atoms with Crippen molar-refractivity contribution in [2.24, 2.45) is 0 Å². The summed E-state index contributed by atoms with van der Waals surface area (Å²) < 4.78 is 10.0. The molecule has 0 amide bonds. The van der Waals surface area contributed by atoms with E-state index < -0.39 is 0 Å². The number of fused-ring (bicyclic) bond motifs is 8. The van der Waals surface area contributed by atoms with E-state index in [2.05, 4.69) is 176 Å². The second-order valence-corrected chi connectivity index (χ2v) is 16.3. The second-order valence-electron chi connectivity index (χ2n) is 14.1. The lowest BCUT2D eigenvalue weighted by Gasteiger charge is -2.12. The van der Waals surface area contributed by atoms with Gasteiger partial charge in [0, 0.05) is 46.6 Å². The lowest BCUT2D eigenvalue weighted by molar-refractivity contribution is 0.415. The molecule has 2 aliphatic heterocycles. The minimum Gasteiger partial charge on any atom is -0.497 e. The SMILES string of the molecule is C=C(C1=Cc2nc1c(-c1ccccc1)c1ccc(s1)c(-c1ccccc1)c1nc(c(-c3ccccc3)c3ccc(s3)c2-c2ccccc2)C=C1)c1ccc(OC)cc1. The molecule has 3 aromatic heterocycles. The van der Waals surface area contributed by atoms with Crippen molar-refractivity contribution in [2.75, 3.05) is 7.11 Å². The number of ether oxygens (including phenoxy) is 1. The van der Waals surface area contributed by atoms with Gasteiger partial charge in [0.2, 0.25) is 0 Å². The van der Waals surface area contributed by atoms with Crippen molar-refractivity contribution in [3.63, 3.8) is 0 Å². The Kier molecular flexibility index (Phi) is 9.30. The number of methoxy groups -OCH3 is 1. The predicted octanol–water partition coefficient (Wildman–Crippen LogP) is 14.9. The number of thiophene rings is 2. The van der Waals surface area contributed by atoms with Gasteiger partial charge < -0.3 is 4.74 Å². The molecule has 0 aliphatic carbocycles. The smallest absolute Gasteiger partial charge is 0.118 e. The molecule has 276 valence electrons. The van der Waals surface area contributed by atoms with Gasteiger partial charge in [-0.15, -0.1) is 22.7 Å². The highest BCUT2D eigenvalue weighted by Crippen LogP contribution is 2.46. The summed E-state index contributed by atoms with van der Waals surface area (Å²) in [4.78, 5) is 11.2. The summed E-state index contributed by atoms with van der Waals surface area (Å²) in [6, 6.07) is 59.6. The van der Waals surface area contributed by atoms with E-state index in [-0.39, 0.29) is 0 Å². The third-order valence-electron chi connectivity index (χ3n) is 10.6. The molecule has 8 bridgehead atoms. The van der Waals surface area contributed by atoms with Crippen molar-refractivity contribution in [1.29, 1.82) is 0 Å². The molecular weight excluding hydrogens is 745 g/mol. The standard InChI is InChI=1S/C53H36N2OS2/c1-34(35-23-25-40(56-2)26-24-35)41-33-44-51(38-19-11-5-12-20-38)47-30-29-45(57-47)49(36-15-7-3-8-16-36)42-27-28-43(54-42)50(37-17-9-4-10-18-37)46-31-32-48(58-46)52(53(41)55-44)39-21-13-6-14-22-39/h3-33H,1H2,2H3. The molecule has 0 unspecified atom stereocenters. The Labute approximate surface area is 345 Å². The molecule has 5 heterocycles. The summed E-state index contributed by atoms with van der Waals surface area (Å²) in [5.74, 6) is 0.801. The molecule has 0 fully saturated rings. The van der Waals surface area contributed by atoms with E-state index in [0.717, 1.165) is 109 Å². The summed E-state index contributed by atoms with van der Waals surface area (Å²) in [7, 11) is 1.69. The zero-order chi connectivity index (χ0) is 39.0. The quantitative estimate of drug-likeness (QED) is 0.162. The Bertz CT molecular complexity index is 3070. The first-order chi connectivity index (χ1) is 28.6. The Morgan fingerprint density at radius 1 is 0.448 bits per heavy atom. The molecule has 0 spiro atoms. The van der Waals surface area contributed by atoms with Crippen LogP contribution in [0.15, 0.2) is 176 Å². The van der Waals surface area contributed by atoms with Crippen LogP contribution in [0.5, 0.6) is 5.75 Å². The summed E-state index contributed by atoms with van der Waals surface area (Å²) in [5.41, 5.74) is 15.3. The monoisotopic (exact) mass is 780 g/mol. The zero-order valence-electron chi connectivity index (χ0n) is 31.7. The van der Waals surface area contributed by atoms with Gasteiger partial charge in [-0.1, -0.05) is 140 Å². The number of aromatic nitrogens is 2. The molecule has 8 aromatic rings. The second kappa shape index (κ2) is 15.2. The first kappa shape index (κ1) is 35.5. The first-order valence-electron chi connectivity index (χ1n) is 19.2. The third kappa shape index (κ3) is 6.50. The number of allylic oxidation sites excluding steroid dienone is 2. The van der Waals surface area contributed by atoms with Crippen molar-refractivity contribution < 1.29 is 4.74 Å². The van der Waals surface area contributed by atoms with Gasteiger partial charge >= 0.3 is 0 Å². The van der Waals surface area contributed by atoms with E-state index in [1.54, 1.807) is 29.8 Å². The summed E-state index contributed by atoms with van der Waals surface area (Å²) >= 11 is 3.54. The minimum absolute atomic E-state index is 0.801. The van der Waals surface area contributed by atoms with Gasteiger partial charge in [-0.3, -0.25) is 0 Å². The van der Waals surface area contributed by atoms with Crippen LogP contribution < -0.4 is 4.74 Å². The maximum Gasteiger partial charge on any atom is 0.118 e. The fourth-order valence-corrected chi connectivity index (χ4v) is 10.1. The molecule has 3 nitrogen and oxygen atoms in total. The van der Waals surface area contributed by atoms with Crippen LogP contribution in [-0.2, 0) is 0 Å².